The maximum atomic E-state index is 2.30. The first-order valence-corrected chi connectivity index (χ1v) is 9.03. The quantitative estimate of drug-likeness (QED) is 0.515. The number of nitrogens with zero attached hydrogens (tertiary/aromatic N) is 1. The van der Waals surface area contributed by atoms with Crippen molar-refractivity contribution in [3.8, 4) is 22.4 Å². The van der Waals surface area contributed by atoms with Gasteiger partial charge in [-0.25, -0.2) is 4.57 Å². The molecule has 2 heteroatoms. The Labute approximate surface area is 135 Å². The van der Waals surface area contributed by atoms with E-state index in [0.29, 0.717) is 0 Å². The lowest BCUT2D eigenvalue weighted by Crippen LogP contribution is -2.36. The summed E-state index contributed by atoms with van der Waals surface area (Å²) in [6, 6.07) is 21.8. The van der Waals surface area contributed by atoms with Gasteiger partial charge in [-0.2, -0.15) is 0 Å². The van der Waals surface area contributed by atoms with E-state index >= 15 is 0 Å². The van der Waals surface area contributed by atoms with Crippen LogP contribution in [0.4, 0.5) is 0 Å². The lowest BCUT2D eigenvalue weighted by atomic mass is 9.97. The molecule has 22 heavy (non-hydrogen) atoms. The van der Waals surface area contributed by atoms with Crippen LogP contribution in [0.15, 0.2) is 66.9 Å². The molecule has 0 bridgehead atoms. The summed E-state index contributed by atoms with van der Waals surface area (Å²) in [7, 11) is 2.96. The van der Waals surface area contributed by atoms with Gasteiger partial charge in [-0.3, -0.25) is 0 Å². The van der Waals surface area contributed by atoms with Crippen LogP contribution in [0.2, 0.25) is 6.55 Å². The minimum Gasteiger partial charge on any atom is -0.201 e. The number of hydrogen-bond acceptors (Lipinski definition) is 0. The summed E-state index contributed by atoms with van der Waals surface area (Å²) in [5.74, 6) is 0. The predicted octanol–water partition coefficient (Wildman–Crippen LogP) is 3.53. The van der Waals surface area contributed by atoms with Gasteiger partial charge in [-0.15, -0.1) is 0 Å². The summed E-state index contributed by atoms with van der Waals surface area (Å²) >= 11 is 0. The average molecular weight is 302 g/mol. The van der Waals surface area contributed by atoms with Crippen molar-refractivity contribution < 1.29 is 4.57 Å². The summed E-state index contributed by atoms with van der Waals surface area (Å²) in [5.41, 5.74) is 6.40. The molecular weight excluding hydrogens is 282 g/mol. The Morgan fingerprint density at radius 3 is 2.32 bits per heavy atom. The fraction of sp³-hybridized carbons (Fsp3) is 0.150. The molecule has 108 valence electrons. The Morgan fingerprint density at radius 2 is 1.64 bits per heavy atom. The summed E-state index contributed by atoms with van der Waals surface area (Å²) in [6.45, 7) is 4.40. The van der Waals surface area contributed by atoms with E-state index in [1.165, 1.54) is 33.1 Å². The highest BCUT2D eigenvalue weighted by atomic mass is 28.2. The van der Waals surface area contributed by atoms with Gasteiger partial charge < -0.3 is 0 Å². The van der Waals surface area contributed by atoms with E-state index in [1.807, 2.05) is 0 Å². The van der Waals surface area contributed by atoms with Crippen molar-refractivity contribution in [2.75, 3.05) is 0 Å². The van der Waals surface area contributed by atoms with Crippen molar-refractivity contribution in [1.82, 2.24) is 0 Å². The summed E-state index contributed by atoms with van der Waals surface area (Å²) in [4.78, 5) is 0. The molecule has 2 radical (unpaired) electrons. The third kappa shape index (κ3) is 2.88. The third-order valence-electron chi connectivity index (χ3n) is 4.04. The van der Waals surface area contributed by atoms with Gasteiger partial charge in [0.25, 0.3) is 0 Å². The molecule has 3 aromatic rings. The first kappa shape index (κ1) is 14.7. The number of aromatic nitrogens is 1. The van der Waals surface area contributed by atoms with Gasteiger partial charge in [0.2, 0.25) is 5.69 Å². The fourth-order valence-electron chi connectivity index (χ4n) is 2.74. The molecule has 1 nitrogen and oxygen atoms in total. The van der Waals surface area contributed by atoms with Crippen LogP contribution in [0.1, 0.15) is 5.56 Å². The van der Waals surface area contributed by atoms with Gasteiger partial charge in [-0.1, -0.05) is 55.1 Å². The number of hydrogen-bond donors (Lipinski definition) is 0. The first-order valence-electron chi connectivity index (χ1n) is 7.53. The number of aryl methyl sites for hydroxylation is 2. The SMILES string of the molecule is C[Si]c1ccc(-c2cc(-c3ccccc3)ccc2C)[n+](C)c1. The van der Waals surface area contributed by atoms with E-state index in [1.54, 1.807) is 0 Å². The Kier molecular flexibility index (Phi) is 4.21. The molecule has 0 aliphatic carbocycles. The van der Waals surface area contributed by atoms with Crippen molar-refractivity contribution >= 4 is 14.7 Å². The van der Waals surface area contributed by atoms with Crippen molar-refractivity contribution in [3.63, 3.8) is 0 Å². The lowest BCUT2D eigenvalue weighted by molar-refractivity contribution is -0.659. The van der Waals surface area contributed by atoms with Gasteiger partial charge in [0.15, 0.2) is 6.20 Å². The highest BCUT2D eigenvalue weighted by Crippen LogP contribution is 2.27. The molecule has 1 heterocycles. The second kappa shape index (κ2) is 6.28. The standard InChI is InChI=1S/C20H20NSi/c1-15-9-10-17(16-7-5-4-6-8-16)13-19(15)20-12-11-18(22-3)14-21(20)2/h4-14H,1-3H3/q+1. The van der Waals surface area contributed by atoms with Crippen LogP contribution < -0.4 is 9.75 Å². The molecule has 0 N–H and O–H groups in total. The molecule has 0 fully saturated rings. The Balaban J connectivity index is 2.11. The minimum absolute atomic E-state index is 0.832. The number of rotatable bonds is 3. The zero-order chi connectivity index (χ0) is 15.5. The van der Waals surface area contributed by atoms with Gasteiger partial charge in [-0.05, 0) is 34.9 Å². The topological polar surface area (TPSA) is 3.88 Å². The molecule has 1 aromatic heterocycles. The molecule has 0 unspecified atom stereocenters. The molecule has 0 spiro atoms. The number of pyridine rings is 1. The van der Waals surface area contributed by atoms with E-state index in [2.05, 4.69) is 91.9 Å². The van der Waals surface area contributed by atoms with E-state index in [-0.39, 0.29) is 0 Å². The molecular formula is C20H20NSi+. The van der Waals surface area contributed by atoms with Crippen molar-refractivity contribution in [2.24, 2.45) is 7.05 Å². The normalized spacial score (nSPS) is 10.7. The summed E-state index contributed by atoms with van der Waals surface area (Å²) < 4.78 is 2.24. The van der Waals surface area contributed by atoms with Gasteiger partial charge in [0.05, 0.1) is 9.52 Å². The van der Waals surface area contributed by atoms with Crippen molar-refractivity contribution in [2.45, 2.75) is 13.5 Å². The van der Waals surface area contributed by atoms with Crippen LogP contribution in [-0.4, -0.2) is 9.52 Å². The monoisotopic (exact) mass is 302 g/mol. The van der Waals surface area contributed by atoms with Crippen LogP contribution >= 0.6 is 0 Å². The van der Waals surface area contributed by atoms with Crippen LogP contribution in [0, 0.1) is 6.92 Å². The van der Waals surface area contributed by atoms with E-state index in [9.17, 15) is 0 Å². The maximum Gasteiger partial charge on any atom is 0.212 e. The average Bonchev–Trinajstić information content (AvgIpc) is 2.56. The lowest BCUT2D eigenvalue weighted by Gasteiger charge is -2.09. The highest BCUT2D eigenvalue weighted by Gasteiger charge is 2.14. The van der Waals surface area contributed by atoms with Gasteiger partial charge in [0.1, 0.15) is 7.05 Å². The second-order valence-electron chi connectivity index (χ2n) is 5.56. The first-order chi connectivity index (χ1) is 10.7. The summed E-state index contributed by atoms with van der Waals surface area (Å²) in [5, 5.41) is 1.39. The Bertz CT molecular complexity index is 794. The largest absolute Gasteiger partial charge is 0.212 e. The Morgan fingerprint density at radius 1 is 0.864 bits per heavy atom. The fourth-order valence-corrected chi connectivity index (χ4v) is 3.32. The van der Waals surface area contributed by atoms with E-state index in [4.69, 9.17) is 0 Å². The van der Waals surface area contributed by atoms with Crippen LogP contribution in [0.25, 0.3) is 22.4 Å². The molecule has 3 rings (SSSR count). The van der Waals surface area contributed by atoms with Gasteiger partial charge in [0, 0.05) is 11.6 Å². The smallest absolute Gasteiger partial charge is 0.201 e. The van der Waals surface area contributed by atoms with Crippen LogP contribution in [0.5, 0.6) is 0 Å². The molecule has 2 aromatic carbocycles. The molecule has 0 aliphatic rings. The Hall–Kier alpha value is -2.19. The maximum absolute atomic E-state index is 2.30. The van der Waals surface area contributed by atoms with Crippen molar-refractivity contribution in [3.05, 3.63) is 72.4 Å². The minimum atomic E-state index is 0.832. The molecule has 0 saturated carbocycles. The summed E-state index contributed by atoms with van der Waals surface area (Å²) in [6.07, 6.45) is 2.24. The van der Waals surface area contributed by atoms with Gasteiger partial charge >= 0.3 is 0 Å². The molecule has 0 saturated heterocycles. The predicted molar refractivity (Wildman–Crippen MR) is 94.5 cm³/mol. The highest BCUT2D eigenvalue weighted by molar-refractivity contribution is 6.51. The third-order valence-corrected chi connectivity index (χ3v) is 4.92. The molecule has 0 atom stereocenters. The zero-order valence-corrected chi connectivity index (χ0v) is 14.3. The van der Waals surface area contributed by atoms with Crippen molar-refractivity contribution in [1.29, 1.82) is 0 Å². The molecule has 0 amide bonds. The van der Waals surface area contributed by atoms with Crippen LogP contribution in [-0.2, 0) is 7.05 Å². The zero-order valence-electron chi connectivity index (χ0n) is 13.3. The number of benzene rings is 2. The van der Waals surface area contributed by atoms with E-state index < -0.39 is 0 Å². The van der Waals surface area contributed by atoms with Crippen LogP contribution in [0.3, 0.4) is 0 Å². The second-order valence-corrected chi connectivity index (χ2v) is 6.64. The van der Waals surface area contributed by atoms with E-state index in [0.717, 1.165) is 9.52 Å². The molecule has 0 aliphatic heterocycles.